The third kappa shape index (κ3) is 5.66. The molecule has 0 aliphatic carbocycles. The standard InChI is InChI=1S/C24H29BrN4O3/c1-18-21(25)8-9-22-23(18)26-27-29(22)12-5-15-31-16-20-10-13-28(14-11-20)24(30)32-17-19-6-3-2-4-7-19/h2-4,6-9,20H,5,10-17H2,1H3. The summed E-state index contributed by atoms with van der Waals surface area (Å²) in [5.41, 5.74) is 4.11. The zero-order valence-corrected chi connectivity index (χ0v) is 20.0. The molecule has 0 spiro atoms. The Kier molecular flexibility index (Phi) is 7.76. The third-order valence-corrected chi connectivity index (χ3v) is 6.82. The predicted octanol–water partition coefficient (Wildman–Crippen LogP) is 4.96. The minimum Gasteiger partial charge on any atom is -0.445 e. The number of aryl methyl sites for hydroxylation is 2. The second-order valence-electron chi connectivity index (χ2n) is 8.25. The first-order valence-corrected chi connectivity index (χ1v) is 11.9. The van der Waals surface area contributed by atoms with Crippen molar-refractivity contribution < 1.29 is 14.3 Å². The van der Waals surface area contributed by atoms with Gasteiger partial charge in [0.05, 0.1) is 5.52 Å². The summed E-state index contributed by atoms with van der Waals surface area (Å²) in [7, 11) is 0. The van der Waals surface area contributed by atoms with E-state index in [0.29, 0.717) is 19.1 Å². The summed E-state index contributed by atoms with van der Waals surface area (Å²) >= 11 is 3.54. The smallest absolute Gasteiger partial charge is 0.410 e. The molecular formula is C24H29BrN4O3. The highest BCUT2D eigenvalue weighted by Crippen LogP contribution is 2.24. The Bertz CT molecular complexity index is 1030. The molecule has 2 aromatic carbocycles. The lowest BCUT2D eigenvalue weighted by Gasteiger charge is -2.31. The molecule has 0 N–H and O–H groups in total. The average Bonchev–Trinajstić information content (AvgIpc) is 3.24. The van der Waals surface area contributed by atoms with Gasteiger partial charge in [-0.1, -0.05) is 51.5 Å². The Morgan fingerprint density at radius 3 is 2.72 bits per heavy atom. The number of halogens is 1. The van der Waals surface area contributed by atoms with Gasteiger partial charge in [-0.25, -0.2) is 9.48 Å². The van der Waals surface area contributed by atoms with E-state index in [4.69, 9.17) is 9.47 Å². The summed E-state index contributed by atoms with van der Waals surface area (Å²) in [5, 5.41) is 8.59. The van der Waals surface area contributed by atoms with Crippen molar-refractivity contribution in [1.82, 2.24) is 19.9 Å². The van der Waals surface area contributed by atoms with Crippen LogP contribution in [0.4, 0.5) is 4.79 Å². The molecule has 1 aromatic heterocycles. The molecule has 4 rings (SSSR count). The lowest BCUT2D eigenvalue weighted by atomic mass is 9.98. The maximum atomic E-state index is 12.3. The number of amides is 1. The Balaban J connectivity index is 1.12. The molecule has 2 heterocycles. The Hall–Kier alpha value is -2.45. The first kappa shape index (κ1) is 22.7. The lowest BCUT2D eigenvalue weighted by Crippen LogP contribution is -2.39. The van der Waals surface area contributed by atoms with Crippen LogP contribution in [-0.4, -0.2) is 52.3 Å². The van der Waals surface area contributed by atoms with Gasteiger partial charge in [-0.05, 0) is 55.4 Å². The maximum absolute atomic E-state index is 12.3. The van der Waals surface area contributed by atoms with Crippen molar-refractivity contribution in [1.29, 1.82) is 0 Å². The van der Waals surface area contributed by atoms with Gasteiger partial charge in [-0.3, -0.25) is 0 Å². The van der Waals surface area contributed by atoms with E-state index in [2.05, 4.69) is 26.2 Å². The fourth-order valence-corrected chi connectivity index (χ4v) is 4.29. The van der Waals surface area contributed by atoms with Gasteiger partial charge < -0.3 is 14.4 Å². The van der Waals surface area contributed by atoms with E-state index in [1.54, 1.807) is 4.90 Å². The number of carbonyl (C=O) groups excluding carboxylic acids is 1. The summed E-state index contributed by atoms with van der Waals surface area (Å²) < 4.78 is 14.4. The molecule has 0 radical (unpaired) electrons. The summed E-state index contributed by atoms with van der Waals surface area (Å²) in [6.45, 7) is 6.02. The van der Waals surface area contributed by atoms with Gasteiger partial charge in [0.1, 0.15) is 12.1 Å². The number of ether oxygens (including phenoxy) is 2. The van der Waals surface area contributed by atoms with Crippen molar-refractivity contribution >= 4 is 33.1 Å². The van der Waals surface area contributed by atoms with E-state index in [9.17, 15) is 4.79 Å². The van der Waals surface area contributed by atoms with Gasteiger partial charge in [-0.2, -0.15) is 0 Å². The van der Waals surface area contributed by atoms with Crippen molar-refractivity contribution in [3.63, 3.8) is 0 Å². The number of benzene rings is 2. The van der Waals surface area contributed by atoms with Gasteiger partial charge in [0.15, 0.2) is 0 Å². The van der Waals surface area contributed by atoms with Gasteiger partial charge in [0, 0.05) is 37.3 Å². The topological polar surface area (TPSA) is 69.5 Å². The lowest BCUT2D eigenvalue weighted by molar-refractivity contribution is 0.0512. The normalized spacial score (nSPS) is 14.8. The Morgan fingerprint density at radius 1 is 1.16 bits per heavy atom. The van der Waals surface area contributed by atoms with Gasteiger partial charge in [-0.15, -0.1) is 5.10 Å². The predicted molar refractivity (Wildman–Crippen MR) is 126 cm³/mol. The zero-order valence-electron chi connectivity index (χ0n) is 18.4. The van der Waals surface area contributed by atoms with E-state index >= 15 is 0 Å². The molecule has 1 amide bonds. The van der Waals surface area contributed by atoms with Crippen molar-refractivity contribution in [3.8, 4) is 0 Å². The van der Waals surface area contributed by atoms with E-state index in [0.717, 1.165) is 72.1 Å². The van der Waals surface area contributed by atoms with Gasteiger partial charge in [0.25, 0.3) is 0 Å². The molecular weight excluding hydrogens is 472 g/mol. The van der Waals surface area contributed by atoms with Crippen molar-refractivity contribution in [2.24, 2.45) is 5.92 Å². The highest BCUT2D eigenvalue weighted by Gasteiger charge is 2.23. The number of fused-ring (bicyclic) bond motifs is 1. The highest BCUT2D eigenvalue weighted by molar-refractivity contribution is 9.10. The van der Waals surface area contributed by atoms with Crippen LogP contribution in [0, 0.1) is 12.8 Å². The zero-order chi connectivity index (χ0) is 22.3. The van der Waals surface area contributed by atoms with E-state index < -0.39 is 0 Å². The number of likely N-dealkylation sites (tertiary alicyclic amines) is 1. The number of carbonyl (C=O) groups is 1. The highest BCUT2D eigenvalue weighted by atomic mass is 79.9. The van der Waals surface area contributed by atoms with Crippen molar-refractivity contribution in [3.05, 3.63) is 58.1 Å². The molecule has 0 bridgehead atoms. The molecule has 8 heteroatoms. The van der Waals surface area contributed by atoms with Crippen LogP contribution in [0.3, 0.4) is 0 Å². The molecule has 1 fully saturated rings. The SMILES string of the molecule is Cc1c(Br)ccc2c1nnn2CCCOCC1CCN(C(=O)OCc2ccccc2)CC1. The van der Waals surface area contributed by atoms with Crippen LogP contribution >= 0.6 is 15.9 Å². The largest absolute Gasteiger partial charge is 0.445 e. The van der Waals surface area contributed by atoms with Crippen LogP contribution in [0.15, 0.2) is 46.9 Å². The molecule has 0 unspecified atom stereocenters. The first-order chi connectivity index (χ1) is 15.6. The summed E-state index contributed by atoms with van der Waals surface area (Å²) in [4.78, 5) is 14.1. The number of aromatic nitrogens is 3. The quantitative estimate of drug-likeness (QED) is 0.409. The number of hydrogen-bond acceptors (Lipinski definition) is 5. The second kappa shape index (κ2) is 10.9. The summed E-state index contributed by atoms with van der Waals surface area (Å²) in [6.07, 6.45) is 2.55. The Morgan fingerprint density at radius 2 is 1.94 bits per heavy atom. The van der Waals surface area contributed by atoms with Crippen LogP contribution in [0.1, 0.15) is 30.4 Å². The monoisotopic (exact) mass is 500 g/mol. The minimum atomic E-state index is -0.226. The summed E-state index contributed by atoms with van der Waals surface area (Å²) in [5.74, 6) is 0.486. The number of rotatable bonds is 8. The first-order valence-electron chi connectivity index (χ1n) is 11.1. The number of piperidine rings is 1. The van der Waals surface area contributed by atoms with Crippen molar-refractivity contribution in [2.75, 3.05) is 26.3 Å². The summed E-state index contributed by atoms with van der Waals surface area (Å²) in [6, 6.07) is 13.9. The molecule has 1 aliphatic rings. The van der Waals surface area contributed by atoms with Crippen LogP contribution in [0.5, 0.6) is 0 Å². The van der Waals surface area contributed by atoms with E-state index in [1.165, 1.54) is 0 Å². The van der Waals surface area contributed by atoms with Gasteiger partial charge >= 0.3 is 6.09 Å². The molecule has 32 heavy (non-hydrogen) atoms. The third-order valence-electron chi connectivity index (χ3n) is 5.96. The maximum Gasteiger partial charge on any atom is 0.410 e. The molecule has 1 saturated heterocycles. The van der Waals surface area contributed by atoms with Crippen LogP contribution in [-0.2, 0) is 22.6 Å². The molecule has 0 saturated carbocycles. The fraction of sp³-hybridized carbons (Fsp3) is 0.458. The average molecular weight is 501 g/mol. The molecule has 3 aromatic rings. The van der Waals surface area contributed by atoms with E-state index in [1.807, 2.05) is 54.1 Å². The van der Waals surface area contributed by atoms with Crippen molar-refractivity contribution in [2.45, 2.75) is 39.3 Å². The second-order valence-corrected chi connectivity index (χ2v) is 9.11. The molecule has 170 valence electrons. The Labute approximate surface area is 196 Å². The van der Waals surface area contributed by atoms with Gasteiger partial charge in [0.2, 0.25) is 0 Å². The minimum absolute atomic E-state index is 0.226. The van der Waals surface area contributed by atoms with E-state index in [-0.39, 0.29) is 6.09 Å². The van der Waals surface area contributed by atoms with Crippen LogP contribution < -0.4 is 0 Å². The van der Waals surface area contributed by atoms with Crippen LogP contribution in [0.2, 0.25) is 0 Å². The molecule has 7 nitrogen and oxygen atoms in total. The van der Waals surface area contributed by atoms with Crippen LogP contribution in [0.25, 0.3) is 11.0 Å². The fourth-order valence-electron chi connectivity index (χ4n) is 3.97. The molecule has 1 aliphatic heterocycles. The number of hydrogen-bond donors (Lipinski definition) is 0. The number of nitrogens with zero attached hydrogens (tertiary/aromatic N) is 4. The molecule has 0 atom stereocenters.